The Morgan fingerprint density at radius 1 is 1.45 bits per heavy atom. The number of carbonyl (C=O) groups excluding carboxylic acids is 1. The Hall–Kier alpha value is -1.98. The fourth-order valence-corrected chi connectivity index (χ4v) is 1.95. The van der Waals surface area contributed by atoms with Crippen LogP contribution in [-0.2, 0) is 4.74 Å². The van der Waals surface area contributed by atoms with Gasteiger partial charge in [-0.1, -0.05) is 0 Å². The van der Waals surface area contributed by atoms with Crippen LogP contribution in [0.1, 0.15) is 27.2 Å². The largest absolute Gasteiger partial charge is 0.472 e. The molecule has 0 bridgehead atoms. The van der Waals surface area contributed by atoms with Crippen LogP contribution in [0.2, 0.25) is 0 Å². The van der Waals surface area contributed by atoms with E-state index in [9.17, 15) is 4.79 Å². The third-order valence-electron chi connectivity index (χ3n) is 2.84. The third kappa shape index (κ3) is 4.01. The van der Waals surface area contributed by atoms with Crippen LogP contribution in [0.4, 0.5) is 10.5 Å². The molecule has 2 N–H and O–H groups in total. The standard InChI is InChI=1S/C14H21N3O3/c1-14(2,3)20-13(18)17-7-6-11(9-17)19-12-5-4-10(15)8-16-12/h4-5,8,11H,6-7,9,15H2,1-3H3/t11-/m1/s1. The average Bonchev–Trinajstić information content (AvgIpc) is 2.79. The molecule has 1 aliphatic rings. The van der Waals surface area contributed by atoms with Crippen molar-refractivity contribution in [2.75, 3.05) is 18.8 Å². The summed E-state index contributed by atoms with van der Waals surface area (Å²) >= 11 is 0. The molecule has 0 saturated carbocycles. The number of anilines is 1. The van der Waals surface area contributed by atoms with Gasteiger partial charge in [-0.2, -0.15) is 0 Å². The molecular weight excluding hydrogens is 258 g/mol. The summed E-state index contributed by atoms with van der Waals surface area (Å²) in [5, 5.41) is 0. The lowest BCUT2D eigenvalue weighted by atomic mass is 10.2. The maximum absolute atomic E-state index is 11.9. The highest BCUT2D eigenvalue weighted by Gasteiger charge is 2.30. The van der Waals surface area contributed by atoms with Crippen molar-refractivity contribution in [3.63, 3.8) is 0 Å². The fraction of sp³-hybridized carbons (Fsp3) is 0.571. The molecule has 1 fully saturated rings. The topological polar surface area (TPSA) is 77.7 Å². The van der Waals surface area contributed by atoms with Crippen LogP contribution in [0.25, 0.3) is 0 Å². The van der Waals surface area contributed by atoms with Crippen molar-refractivity contribution in [3.8, 4) is 5.88 Å². The molecule has 6 nitrogen and oxygen atoms in total. The van der Waals surface area contributed by atoms with Crippen molar-refractivity contribution >= 4 is 11.8 Å². The number of nitrogens with zero attached hydrogens (tertiary/aromatic N) is 2. The van der Waals surface area contributed by atoms with E-state index >= 15 is 0 Å². The van der Waals surface area contributed by atoms with Crippen molar-refractivity contribution in [3.05, 3.63) is 18.3 Å². The van der Waals surface area contributed by atoms with Gasteiger partial charge in [0.2, 0.25) is 5.88 Å². The summed E-state index contributed by atoms with van der Waals surface area (Å²) in [5.41, 5.74) is 5.69. The Morgan fingerprint density at radius 2 is 2.20 bits per heavy atom. The zero-order chi connectivity index (χ0) is 14.8. The van der Waals surface area contributed by atoms with Crippen LogP contribution in [0.3, 0.4) is 0 Å². The molecule has 1 aromatic rings. The lowest BCUT2D eigenvalue weighted by Gasteiger charge is -2.24. The van der Waals surface area contributed by atoms with Crippen LogP contribution in [-0.4, -0.2) is 40.8 Å². The number of hydrogen-bond acceptors (Lipinski definition) is 5. The first-order chi connectivity index (χ1) is 9.33. The quantitative estimate of drug-likeness (QED) is 0.896. The van der Waals surface area contributed by atoms with Gasteiger partial charge in [0.15, 0.2) is 0 Å². The smallest absolute Gasteiger partial charge is 0.410 e. The van der Waals surface area contributed by atoms with E-state index in [1.54, 1.807) is 23.2 Å². The number of rotatable bonds is 2. The van der Waals surface area contributed by atoms with E-state index in [4.69, 9.17) is 15.2 Å². The zero-order valence-electron chi connectivity index (χ0n) is 12.1. The number of aromatic nitrogens is 1. The van der Waals surface area contributed by atoms with Crippen LogP contribution in [0.15, 0.2) is 18.3 Å². The van der Waals surface area contributed by atoms with Gasteiger partial charge in [0.1, 0.15) is 11.7 Å². The lowest BCUT2D eigenvalue weighted by Crippen LogP contribution is -2.36. The SMILES string of the molecule is CC(C)(C)OC(=O)N1CC[C@@H](Oc2ccc(N)cn2)C1. The average molecular weight is 279 g/mol. The monoisotopic (exact) mass is 279 g/mol. The van der Waals surface area contributed by atoms with Gasteiger partial charge in [0, 0.05) is 19.0 Å². The second-order valence-electron chi connectivity index (χ2n) is 5.88. The molecular formula is C14H21N3O3. The second kappa shape index (κ2) is 5.56. The van der Waals surface area contributed by atoms with E-state index < -0.39 is 5.60 Å². The Bertz CT molecular complexity index is 468. The fourth-order valence-electron chi connectivity index (χ4n) is 1.95. The van der Waals surface area contributed by atoms with E-state index in [1.807, 2.05) is 20.8 Å². The normalized spacial score (nSPS) is 18.9. The van der Waals surface area contributed by atoms with E-state index in [2.05, 4.69) is 4.98 Å². The number of ether oxygens (including phenoxy) is 2. The summed E-state index contributed by atoms with van der Waals surface area (Å²) in [6.07, 6.45) is 1.97. The number of likely N-dealkylation sites (tertiary alicyclic amines) is 1. The molecule has 2 rings (SSSR count). The summed E-state index contributed by atoms with van der Waals surface area (Å²) in [5.74, 6) is 0.523. The first kappa shape index (κ1) is 14.4. The maximum atomic E-state index is 11.9. The van der Waals surface area contributed by atoms with E-state index in [0.717, 1.165) is 6.42 Å². The van der Waals surface area contributed by atoms with E-state index in [-0.39, 0.29) is 12.2 Å². The molecule has 0 aromatic carbocycles. The number of carbonyl (C=O) groups is 1. The van der Waals surface area contributed by atoms with Crippen molar-refractivity contribution in [2.45, 2.75) is 38.9 Å². The highest BCUT2D eigenvalue weighted by molar-refractivity contribution is 5.68. The van der Waals surface area contributed by atoms with Gasteiger partial charge in [0.25, 0.3) is 0 Å². The van der Waals surface area contributed by atoms with Gasteiger partial charge in [-0.05, 0) is 26.8 Å². The third-order valence-corrected chi connectivity index (χ3v) is 2.84. The highest BCUT2D eigenvalue weighted by Crippen LogP contribution is 2.19. The summed E-state index contributed by atoms with van der Waals surface area (Å²) in [7, 11) is 0. The number of hydrogen-bond donors (Lipinski definition) is 1. The van der Waals surface area contributed by atoms with Gasteiger partial charge in [-0.25, -0.2) is 9.78 Å². The molecule has 1 amide bonds. The van der Waals surface area contributed by atoms with Gasteiger partial charge in [0.05, 0.1) is 18.4 Å². The molecule has 0 spiro atoms. The molecule has 0 unspecified atom stereocenters. The molecule has 1 atom stereocenters. The Balaban J connectivity index is 1.86. The predicted molar refractivity (Wildman–Crippen MR) is 75.5 cm³/mol. The molecule has 1 aromatic heterocycles. The number of amides is 1. The first-order valence-corrected chi connectivity index (χ1v) is 6.69. The molecule has 1 saturated heterocycles. The van der Waals surface area contributed by atoms with Gasteiger partial charge in [-0.3, -0.25) is 0 Å². The van der Waals surface area contributed by atoms with Gasteiger partial charge in [-0.15, -0.1) is 0 Å². The van der Waals surface area contributed by atoms with Crippen LogP contribution in [0, 0.1) is 0 Å². The van der Waals surface area contributed by atoms with Crippen molar-refractivity contribution < 1.29 is 14.3 Å². The van der Waals surface area contributed by atoms with Crippen molar-refractivity contribution in [1.29, 1.82) is 0 Å². The van der Waals surface area contributed by atoms with E-state index in [1.165, 1.54) is 0 Å². The maximum Gasteiger partial charge on any atom is 0.410 e. The predicted octanol–water partition coefficient (Wildman–Crippen LogP) is 2.05. The lowest BCUT2D eigenvalue weighted by molar-refractivity contribution is 0.0275. The van der Waals surface area contributed by atoms with Crippen molar-refractivity contribution in [1.82, 2.24) is 9.88 Å². The summed E-state index contributed by atoms with van der Waals surface area (Å²) in [6.45, 7) is 6.71. The van der Waals surface area contributed by atoms with Crippen LogP contribution < -0.4 is 10.5 Å². The number of nitrogen functional groups attached to an aromatic ring is 1. The summed E-state index contributed by atoms with van der Waals surface area (Å²) in [4.78, 5) is 17.7. The Labute approximate surface area is 118 Å². The molecule has 1 aliphatic heterocycles. The minimum atomic E-state index is -0.478. The van der Waals surface area contributed by atoms with Gasteiger partial charge >= 0.3 is 6.09 Å². The second-order valence-corrected chi connectivity index (χ2v) is 5.88. The molecule has 0 radical (unpaired) electrons. The zero-order valence-corrected chi connectivity index (χ0v) is 12.1. The van der Waals surface area contributed by atoms with E-state index in [0.29, 0.717) is 24.7 Å². The molecule has 20 heavy (non-hydrogen) atoms. The number of pyridine rings is 1. The first-order valence-electron chi connectivity index (χ1n) is 6.69. The molecule has 110 valence electrons. The molecule has 2 heterocycles. The summed E-state index contributed by atoms with van der Waals surface area (Å²) in [6, 6.07) is 3.47. The Morgan fingerprint density at radius 3 is 2.80 bits per heavy atom. The van der Waals surface area contributed by atoms with Crippen molar-refractivity contribution in [2.24, 2.45) is 0 Å². The van der Waals surface area contributed by atoms with Gasteiger partial charge < -0.3 is 20.1 Å². The Kier molecular flexibility index (Phi) is 4.01. The summed E-state index contributed by atoms with van der Waals surface area (Å²) < 4.78 is 11.1. The van der Waals surface area contributed by atoms with Crippen LogP contribution >= 0.6 is 0 Å². The molecule has 6 heteroatoms. The highest BCUT2D eigenvalue weighted by atomic mass is 16.6. The molecule has 0 aliphatic carbocycles. The minimum Gasteiger partial charge on any atom is -0.472 e. The number of nitrogens with two attached hydrogens (primary N) is 1. The minimum absolute atomic E-state index is 0.0568. The van der Waals surface area contributed by atoms with Crippen LogP contribution in [0.5, 0.6) is 5.88 Å².